The maximum absolute atomic E-state index is 13.2. The molecule has 16 heavy (non-hydrogen) atoms. The molecule has 1 unspecified atom stereocenters. The summed E-state index contributed by atoms with van der Waals surface area (Å²) in [6, 6.07) is 1.49. The van der Waals surface area contributed by atoms with E-state index in [0.717, 1.165) is 0 Å². The minimum absolute atomic E-state index is 0.0824. The number of ether oxygens (including phenoxy) is 2. The fourth-order valence-corrected chi connectivity index (χ4v) is 1.74. The second-order valence-electron chi connectivity index (χ2n) is 3.75. The minimum Gasteiger partial charge on any atom is -0.496 e. The number of nitrogens with two attached hydrogens (primary N) is 1. The van der Waals surface area contributed by atoms with Crippen LogP contribution in [-0.2, 0) is 5.54 Å². The maximum Gasteiger partial charge on any atom is 0.272 e. The molecule has 2 rings (SSSR count). The third-order valence-corrected chi connectivity index (χ3v) is 2.77. The van der Waals surface area contributed by atoms with Gasteiger partial charge in [-0.2, -0.15) is 0 Å². The van der Waals surface area contributed by atoms with E-state index in [0.29, 0.717) is 0 Å². The quantitative estimate of drug-likeness (QED) is 0.850. The zero-order valence-electron chi connectivity index (χ0n) is 8.96. The largest absolute Gasteiger partial charge is 0.496 e. The standard InChI is InChI=1S/C10H12F2N2O2/c1-15-6-3-4-14-8(16-2)7(6)9(13)5-10(9,11)12/h3-4H,5,13H2,1-2H3. The summed E-state index contributed by atoms with van der Waals surface area (Å²) >= 11 is 0. The summed E-state index contributed by atoms with van der Waals surface area (Å²) in [4.78, 5) is 3.86. The Balaban J connectivity index is 2.55. The van der Waals surface area contributed by atoms with E-state index >= 15 is 0 Å². The Labute approximate surface area is 91.4 Å². The number of methoxy groups -OCH3 is 2. The molecule has 0 aliphatic heterocycles. The molecule has 4 nitrogen and oxygen atoms in total. The summed E-state index contributed by atoms with van der Waals surface area (Å²) in [5, 5.41) is 0. The monoisotopic (exact) mass is 230 g/mol. The molecule has 6 heteroatoms. The fourth-order valence-electron chi connectivity index (χ4n) is 1.74. The number of aromatic nitrogens is 1. The molecule has 1 aromatic heterocycles. The lowest BCUT2D eigenvalue weighted by molar-refractivity contribution is 0.0874. The lowest BCUT2D eigenvalue weighted by atomic mass is 10.1. The van der Waals surface area contributed by atoms with Crippen LogP contribution in [0.5, 0.6) is 11.6 Å². The van der Waals surface area contributed by atoms with Crippen LogP contribution in [0.3, 0.4) is 0 Å². The maximum atomic E-state index is 13.2. The minimum atomic E-state index is -2.93. The average Bonchev–Trinajstić information content (AvgIpc) is 2.77. The topological polar surface area (TPSA) is 57.4 Å². The molecule has 1 saturated carbocycles. The second-order valence-corrected chi connectivity index (χ2v) is 3.75. The van der Waals surface area contributed by atoms with E-state index < -0.39 is 17.9 Å². The van der Waals surface area contributed by atoms with Crippen molar-refractivity contribution in [1.82, 2.24) is 4.98 Å². The van der Waals surface area contributed by atoms with E-state index in [1.165, 1.54) is 26.5 Å². The molecule has 1 fully saturated rings. The van der Waals surface area contributed by atoms with Gasteiger partial charge in [-0.1, -0.05) is 0 Å². The van der Waals surface area contributed by atoms with E-state index in [4.69, 9.17) is 15.2 Å². The summed E-state index contributed by atoms with van der Waals surface area (Å²) in [5.74, 6) is -2.58. The highest BCUT2D eigenvalue weighted by Gasteiger charge is 2.72. The van der Waals surface area contributed by atoms with Crippen molar-refractivity contribution in [2.45, 2.75) is 17.9 Å². The van der Waals surface area contributed by atoms with Gasteiger partial charge in [0.2, 0.25) is 5.88 Å². The molecule has 1 aromatic rings. The van der Waals surface area contributed by atoms with Crippen molar-refractivity contribution in [3.8, 4) is 11.6 Å². The molecule has 2 N–H and O–H groups in total. The van der Waals surface area contributed by atoms with Crippen LogP contribution in [0.15, 0.2) is 12.3 Å². The van der Waals surface area contributed by atoms with Gasteiger partial charge in [-0.15, -0.1) is 0 Å². The molecule has 0 amide bonds. The molecule has 1 aliphatic rings. The number of alkyl halides is 2. The summed E-state index contributed by atoms with van der Waals surface area (Å²) in [6.07, 6.45) is 1.00. The predicted molar refractivity (Wildman–Crippen MR) is 52.8 cm³/mol. The number of nitrogens with zero attached hydrogens (tertiary/aromatic N) is 1. The van der Waals surface area contributed by atoms with Gasteiger partial charge in [0.1, 0.15) is 11.3 Å². The molecule has 1 atom stereocenters. The summed E-state index contributed by atoms with van der Waals surface area (Å²) in [5.41, 5.74) is 4.05. The van der Waals surface area contributed by atoms with Crippen LogP contribution in [-0.4, -0.2) is 25.1 Å². The first kappa shape index (κ1) is 11.1. The van der Waals surface area contributed by atoms with Crippen LogP contribution in [0.4, 0.5) is 8.78 Å². The number of pyridine rings is 1. The summed E-state index contributed by atoms with van der Waals surface area (Å²) in [6.45, 7) is 0. The first-order chi connectivity index (χ1) is 7.46. The molecule has 0 radical (unpaired) electrons. The zero-order valence-corrected chi connectivity index (χ0v) is 8.96. The number of rotatable bonds is 3. The lowest BCUT2D eigenvalue weighted by Crippen LogP contribution is -2.28. The van der Waals surface area contributed by atoms with Gasteiger partial charge in [-0.05, 0) is 6.07 Å². The van der Waals surface area contributed by atoms with Crippen molar-refractivity contribution >= 4 is 0 Å². The van der Waals surface area contributed by atoms with Crippen molar-refractivity contribution in [3.63, 3.8) is 0 Å². The Bertz CT molecular complexity index is 403. The molecule has 1 heterocycles. The van der Waals surface area contributed by atoms with Gasteiger partial charge in [0.05, 0.1) is 19.8 Å². The molecule has 0 saturated heterocycles. The molecular formula is C10H12F2N2O2. The second kappa shape index (κ2) is 3.28. The van der Waals surface area contributed by atoms with E-state index in [2.05, 4.69) is 4.98 Å². The number of halogens is 2. The Kier molecular flexibility index (Phi) is 2.27. The van der Waals surface area contributed by atoms with Gasteiger partial charge >= 0.3 is 0 Å². The lowest BCUT2D eigenvalue weighted by Gasteiger charge is -2.17. The third kappa shape index (κ3) is 1.33. The van der Waals surface area contributed by atoms with Crippen molar-refractivity contribution in [2.75, 3.05) is 14.2 Å². The van der Waals surface area contributed by atoms with Crippen LogP contribution >= 0.6 is 0 Å². The Morgan fingerprint density at radius 3 is 2.44 bits per heavy atom. The fraction of sp³-hybridized carbons (Fsp3) is 0.500. The Morgan fingerprint density at radius 1 is 1.38 bits per heavy atom. The van der Waals surface area contributed by atoms with Crippen molar-refractivity contribution < 1.29 is 18.3 Å². The SMILES string of the molecule is COc1ccnc(OC)c1C1(N)CC1(F)F. The first-order valence-electron chi connectivity index (χ1n) is 4.70. The van der Waals surface area contributed by atoms with Crippen molar-refractivity contribution in [3.05, 3.63) is 17.8 Å². The normalized spacial score (nSPS) is 26.3. The highest BCUT2D eigenvalue weighted by molar-refractivity contribution is 5.51. The van der Waals surface area contributed by atoms with Gasteiger partial charge in [0.25, 0.3) is 5.92 Å². The zero-order chi connectivity index (χ0) is 12.0. The van der Waals surface area contributed by atoms with Crippen molar-refractivity contribution in [1.29, 1.82) is 0 Å². The average molecular weight is 230 g/mol. The highest BCUT2D eigenvalue weighted by Crippen LogP contribution is 2.61. The Hall–Kier alpha value is -1.43. The van der Waals surface area contributed by atoms with Crippen LogP contribution in [0.25, 0.3) is 0 Å². The predicted octanol–water partition coefficient (Wildman–Crippen LogP) is 1.29. The highest BCUT2D eigenvalue weighted by atomic mass is 19.3. The van der Waals surface area contributed by atoms with Gasteiger partial charge in [-0.3, -0.25) is 0 Å². The molecule has 88 valence electrons. The number of hydrogen-bond acceptors (Lipinski definition) is 4. The van der Waals surface area contributed by atoms with Gasteiger partial charge in [0.15, 0.2) is 0 Å². The van der Waals surface area contributed by atoms with Gasteiger partial charge < -0.3 is 15.2 Å². The van der Waals surface area contributed by atoms with Gasteiger partial charge in [-0.25, -0.2) is 13.8 Å². The van der Waals surface area contributed by atoms with Crippen LogP contribution < -0.4 is 15.2 Å². The molecule has 0 spiro atoms. The molecule has 1 aliphatic carbocycles. The van der Waals surface area contributed by atoms with Crippen LogP contribution in [0.2, 0.25) is 0 Å². The van der Waals surface area contributed by atoms with Crippen LogP contribution in [0, 0.1) is 0 Å². The number of hydrogen-bond donors (Lipinski definition) is 1. The van der Waals surface area contributed by atoms with Crippen LogP contribution in [0.1, 0.15) is 12.0 Å². The van der Waals surface area contributed by atoms with Crippen molar-refractivity contribution in [2.24, 2.45) is 5.73 Å². The van der Waals surface area contributed by atoms with E-state index in [1.54, 1.807) is 0 Å². The Morgan fingerprint density at radius 2 is 2.00 bits per heavy atom. The third-order valence-electron chi connectivity index (χ3n) is 2.77. The smallest absolute Gasteiger partial charge is 0.272 e. The van der Waals surface area contributed by atoms with E-state index in [-0.39, 0.29) is 17.2 Å². The first-order valence-corrected chi connectivity index (χ1v) is 4.70. The molecule has 0 aromatic carbocycles. The molecular weight excluding hydrogens is 218 g/mol. The van der Waals surface area contributed by atoms with E-state index in [9.17, 15) is 8.78 Å². The van der Waals surface area contributed by atoms with E-state index in [1.807, 2.05) is 0 Å². The summed E-state index contributed by atoms with van der Waals surface area (Å²) < 4.78 is 36.4. The molecule has 0 bridgehead atoms. The van der Waals surface area contributed by atoms with Gasteiger partial charge in [0, 0.05) is 12.6 Å². The summed E-state index contributed by atoms with van der Waals surface area (Å²) in [7, 11) is 2.75.